The van der Waals surface area contributed by atoms with E-state index in [0.29, 0.717) is 6.54 Å². The lowest BCUT2D eigenvalue weighted by Crippen LogP contribution is -2.59. The largest absolute Gasteiger partial charge is 0.465 e. The molecule has 1 N–H and O–H groups in total. The molecule has 0 aliphatic carbocycles. The fourth-order valence-electron chi connectivity index (χ4n) is 3.06. The number of esters is 3. The molecule has 162 valence electrons. The smallest absolute Gasteiger partial charge is 0.401 e. The van der Waals surface area contributed by atoms with E-state index in [0.717, 1.165) is 4.90 Å². The van der Waals surface area contributed by atoms with E-state index in [1.807, 2.05) is 0 Å². The van der Waals surface area contributed by atoms with Gasteiger partial charge in [-0.3, -0.25) is 19.3 Å². The molecule has 1 atom stereocenters. The Morgan fingerprint density at radius 2 is 1.43 bits per heavy atom. The number of nitrogens with one attached hydrogen (secondary N) is 1. The van der Waals surface area contributed by atoms with Crippen LogP contribution >= 0.6 is 0 Å². The highest BCUT2D eigenvalue weighted by atomic mass is 19.4. The minimum atomic E-state index is -4.48. The molecule has 1 aliphatic heterocycles. The van der Waals surface area contributed by atoms with Crippen LogP contribution in [0.15, 0.2) is 0 Å². The van der Waals surface area contributed by atoms with Crippen LogP contribution in [0.5, 0.6) is 0 Å². The maximum Gasteiger partial charge on any atom is 0.401 e. The molecule has 8 nitrogen and oxygen atoms in total. The zero-order valence-electron chi connectivity index (χ0n) is 16.3. The summed E-state index contributed by atoms with van der Waals surface area (Å²) < 4.78 is 53.6. The normalized spacial score (nSPS) is 18.4. The van der Waals surface area contributed by atoms with Gasteiger partial charge in [-0.2, -0.15) is 13.2 Å². The Kier molecular flexibility index (Phi) is 9.15. The summed E-state index contributed by atoms with van der Waals surface area (Å²) in [5, 5.41) is 2.92. The van der Waals surface area contributed by atoms with Gasteiger partial charge in [0.15, 0.2) is 0 Å². The maximum absolute atomic E-state index is 12.9. The van der Waals surface area contributed by atoms with Gasteiger partial charge < -0.3 is 19.5 Å². The first kappa shape index (κ1) is 24.2. The first-order chi connectivity index (χ1) is 13.1. The summed E-state index contributed by atoms with van der Waals surface area (Å²) in [6, 6.07) is -0.936. The highest BCUT2D eigenvalue weighted by molar-refractivity contribution is 6.18. The second-order valence-electron chi connectivity index (χ2n) is 6.21. The lowest BCUT2D eigenvalue weighted by Gasteiger charge is -2.39. The number of ether oxygens (including phenoxy) is 3. The Morgan fingerprint density at radius 1 is 0.964 bits per heavy atom. The van der Waals surface area contributed by atoms with Crippen LogP contribution in [0.1, 0.15) is 27.2 Å². The van der Waals surface area contributed by atoms with Crippen molar-refractivity contribution in [1.82, 2.24) is 10.2 Å². The van der Waals surface area contributed by atoms with Gasteiger partial charge in [-0.1, -0.05) is 0 Å². The van der Waals surface area contributed by atoms with Gasteiger partial charge >= 0.3 is 24.1 Å². The third kappa shape index (κ3) is 6.06. The zero-order valence-corrected chi connectivity index (χ0v) is 16.3. The van der Waals surface area contributed by atoms with Crippen molar-refractivity contribution in [2.75, 3.05) is 46.0 Å². The summed E-state index contributed by atoms with van der Waals surface area (Å²) in [6.07, 6.45) is -5.03. The van der Waals surface area contributed by atoms with Gasteiger partial charge in [0.05, 0.1) is 26.4 Å². The number of piperazine rings is 1. The molecule has 1 rings (SSSR count). The number of hydrogen-bond acceptors (Lipinski definition) is 8. The van der Waals surface area contributed by atoms with Crippen molar-refractivity contribution >= 4 is 17.9 Å². The van der Waals surface area contributed by atoms with E-state index in [2.05, 4.69) is 5.32 Å². The monoisotopic (exact) mass is 412 g/mol. The first-order valence-electron chi connectivity index (χ1n) is 9.15. The summed E-state index contributed by atoms with van der Waals surface area (Å²) in [7, 11) is 0. The Morgan fingerprint density at radius 3 is 1.82 bits per heavy atom. The van der Waals surface area contributed by atoms with Crippen molar-refractivity contribution in [3.8, 4) is 0 Å². The molecule has 1 aliphatic rings. The van der Waals surface area contributed by atoms with E-state index in [4.69, 9.17) is 14.2 Å². The fraction of sp³-hybridized carbons (Fsp3) is 0.824. The third-order valence-electron chi connectivity index (χ3n) is 4.27. The second-order valence-corrected chi connectivity index (χ2v) is 6.21. The van der Waals surface area contributed by atoms with Crippen molar-refractivity contribution in [3.05, 3.63) is 0 Å². The lowest BCUT2D eigenvalue weighted by atomic mass is 9.80. The van der Waals surface area contributed by atoms with Crippen molar-refractivity contribution in [1.29, 1.82) is 0 Å². The van der Waals surface area contributed by atoms with Crippen molar-refractivity contribution in [2.45, 2.75) is 39.4 Å². The number of hydrogen-bond donors (Lipinski definition) is 1. The topological polar surface area (TPSA) is 94.2 Å². The number of alkyl halides is 3. The van der Waals surface area contributed by atoms with Crippen LogP contribution < -0.4 is 5.32 Å². The molecule has 1 saturated heterocycles. The molecule has 1 heterocycles. The number of carbonyl (C=O) groups is 3. The molecular weight excluding hydrogens is 385 g/mol. The van der Waals surface area contributed by atoms with Gasteiger partial charge in [-0.05, 0) is 20.8 Å². The fourth-order valence-corrected chi connectivity index (χ4v) is 3.06. The number of halogens is 3. The minimum Gasteiger partial charge on any atom is -0.465 e. The highest BCUT2D eigenvalue weighted by Gasteiger charge is 2.59. The van der Waals surface area contributed by atoms with Crippen molar-refractivity contribution in [3.63, 3.8) is 0 Å². The molecule has 0 saturated carbocycles. The van der Waals surface area contributed by atoms with Crippen LogP contribution in [0.4, 0.5) is 13.2 Å². The molecule has 0 radical (unpaired) electrons. The van der Waals surface area contributed by atoms with Crippen molar-refractivity contribution in [2.24, 2.45) is 5.41 Å². The van der Waals surface area contributed by atoms with Gasteiger partial charge in [0, 0.05) is 32.1 Å². The Labute approximate surface area is 161 Å². The average molecular weight is 412 g/mol. The maximum atomic E-state index is 12.9. The standard InChI is InChI=1S/C17H27F3N2O6/c1-4-26-13(23)16(14(24)27-5-2,15(25)28-6-3)9-12-10-21-7-8-22(12)11-17(18,19)20/h12,21H,4-11H2,1-3H3. The predicted octanol–water partition coefficient (Wildman–Crippen LogP) is 0.888. The summed E-state index contributed by atoms with van der Waals surface area (Å²) in [6.45, 7) is 3.22. The zero-order chi connectivity index (χ0) is 21.4. The molecule has 0 bridgehead atoms. The molecule has 0 aromatic rings. The highest BCUT2D eigenvalue weighted by Crippen LogP contribution is 2.33. The molecular formula is C17H27F3N2O6. The van der Waals surface area contributed by atoms with Gasteiger partial charge in [-0.25, -0.2) is 0 Å². The van der Waals surface area contributed by atoms with Gasteiger partial charge in [0.25, 0.3) is 5.41 Å². The van der Waals surface area contributed by atoms with Gasteiger partial charge in [-0.15, -0.1) is 0 Å². The summed E-state index contributed by atoms with van der Waals surface area (Å²) in [4.78, 5) is 39.1. The summed E-state index contributed by atoms with van der Waals surface area (Å²) >= 11 is 0. The Balaban J connectivity index is 3.32. The van der Waals surface area contributed by atoms with E-state index in [1.165, 1.54) is 20.8 Å². The summed E-state index contributed by atoms with van der Waals surface area (Å²) in [5.41, 5.74) is -2.49. The molecule has 11 heteroatoms. The SMILES string of the molecule is CCOC(=O)C(CC1CNCCN1CC(F)(F)F)(C(=O)OCC)C(=O)OCC. The van der Waals surface area contributed by atoms with Crippen LogP contribution in [-0.4, -0.2) is 81.0 Å². The summed E-state index contributed by atoms with van der Waals surface area (Å²) in [5.74, 6) is -3.57. The van der Waals surface area contributed by atoms with Gasteiger partial charge in [0.2, 0.25) is 0 Å². The number of nitrogens with zero attached hydrogens (tertiary/aromatic N) is 1. The molecule has 0 aromatic carbocycles. The molecule has 0 aromatic heterocycles. The van der Waals surface area contributed by atoms with E-state index < -0.39 is 48.5 Å². The van der Waals surface area contributed by atoms with E-state index in [1.54, 1.807) is 0 Å². The lowest BCUT2D eigenvalue weighted by molar-refractivity contribution is -0.187. The second kappa shape index (κ2) is 10.6. The molecule has 1 fully saturated rings. The quantitative estimate of drug-likeness (QED) is 0.339. The van der Waals surface area contributed by atoms with Crippen LogP contribution in [0, 0.1) is 5.41 Å². The van der Waals surface area contributed by atoms with Crippen LogP contribution in [0.25, 0.3) is 0 Å². The first-order valence-corrected chi connectivity index (χ1v) is 9.15. The van der Waals surface area contributed by atoms with E-state index >= 15 is 0 Å². The Bertz CT molecular complexity index is 510. The van der Waals surface area contributed by atoms with Crippen LogP contribution in [-0.2, 0) is 28.6 Å². The third-order valence-corrected chi connectivity index (χ3v) is 4.27. The average Bonchev–Trinajstić information content (AvgIpc) is 2.60. The van der Waals surface area contributed by atoms with Gasteiger partial charge in [0.1, 0.15) is 0 Å². The molecule has 28 heavy (non-hydrogen) atoms. The number of rotatable bonds is 9. The van der Waals surface area contributed by atoms with E-state index in [9.17, 15) is 27.6 Å². The Hall–Kier alpha value is -1.88. The molecule has 1 unspecified atom stereocenters. The minimum absolute atomic E-state index is 0.0364. The molecule has 0 amide bonds. The number of carbonyl (C=O) groups excluding carboxylic acids is 3. The molecule has 0 spiro atoms. The van der Waals surface area contributed by atoms with Crippen molar-refractivity contribution < 1.29 is 41.8 Å². The predicted molar refractivity (Wildman–Crippen MR) is 91.2 cm³/mol. The van der Waals surface area contributed by atoms with E-state index in [-0.39, 0.29) is 32.9 Å². The van der Waals surface area contributed by atoms with Crippen LogP contribution in [0.2, 0.25) is 0 Å². The van der Waals surface area contributed by atoms with Crippen LogP contribution in [0.3, 0.4) is 0 Å².